The summed E-state index contributed by atoms with van der Waals surface area (Å²) in [5.41, 5.74) is 0.845. The highest BCUT2D eigenvalue weighted by Gasteiger charge is 2.22. The summed E-state index contributed by atoms with van der Waals surface area (Å²) in [6, 6.07) is 6.12. The Morgan fingerprint density at radius 3 is 2.95 bits per heavy atom. The van der Waals surface area contributed by atoms with Gasteiger partial charge in [0.05, 0.1) is 6.42 Å². The maximum Gasteiger partial charge on any atom is 0.226 e. The van der Waals surface area contributed by atoms with Gasteiger partial charge >= 0.3 is 0 Å². The van der Waals surface area contributed by atoms with Crippen LogP contribution in [0.2, 0.25) is 0 Å². The number of benzene rings is 1. The fourth-order valence-electron chi connectivity index (χ4n) is 2.97. The molecule has 0 spiro atoms. The standard InChI is InChI=1S/C17H20FN3O/c1-20(17(22)11-13-2-4-15(18)5-3-13)12-14-6-8-21-9-7-19-16(21)10-14/h2-5,7,9,14H,6,8,10-12H2,1H3/t14-/m0/s1. The van der Waals surface area contributed by atoms with E-state index >= 15 is 0 Å². The van der Waals surface area contributed by atoms with Gasteiger partial charge in [-0.15, -0.1) is 0 Å². The summed E-state index contributed by atoms with van der Waals surface area (Å²) in [6.07, 6.45) is 6.15. The van der Waals surface area contributed by atoms with E-state index in [1.54, 1.807) is 17.0 Å². The largest absolute Gasteiger partial charge is 0.345 e. The number of amides is 1. The molecule has 1 aliphatic rings. The van der Waals surface area contributed by atoms with Crippen LogP contribution >= 0.6 is 0 Å². The van der Waals surface area contributed by atoms with Crippen molar-refractivity contribution in [2.24, 2.45) is 5.92 Å². The molecule has 1 aliphatic heterocycles. The van der Waals surface area contributed by atoms with Crippen molar-refractivity contribution in [3.05, 3.63) is 53.9 Å². The van der Waals surface area contributed by atoms with Crippen LogP contribution in [0.25, 0.3) is 0 Å². The number of halogens is 1. The minimum Gasteiger partial charge on any atom is -0.345 e. The first-order valence-corrected chi connectivity index (χ1v) is 7.60. The van der Waals surface area contributed by atoms with Crippen LogP contribution in [0.3, 0.4) is 0 Å². The van der Waals surface area contributed by atoms with Gasteiger partial charge in [-0.2, -0.15) is 0 Å². The van der Waals surface area contributed by atoms with Gasteiger partial charge in [-0.1, -0.05) is 12.1 Å². The molecule has 0 fully saturated rings. The Bertz CT molecular complexity index is 650. The number of carbonyl (C=O) groups is 1. The zero-order chi connectivity index (χ0) is 15.5. The number of carbonyl (C=O) groups excluding carboxylic acids is 1. The number of likely N-dealkylation sites (N-methyl/N-ethyl adjacent to an activating group) is 1. The molecule has 0 bridgehead atoms. The fourth-order valence-corrected chi connectivity index (χ4v) is 2.97. The second-order valence-corrected chi connectivity index (χ2v) is 5.97. The number of hydrogen-bond donors (Lipinski definition) is 0. The summed E-state index contributed by atoms with van der Waals surface area (Å²) in [6.45, 7) is 1.72. The molecule has 3 rings (SSSR count). The van der Waals surface area contributed by atoms with Crippen molar-refractivity contribution < 1.29 is 9.18 Å². The van der Waals surface area contributed by atoms with Crippen molar-refractivity contribution >= 4 is 5.91 Å². The molecule has 0 unspecified atom stereocenters. The maximum absolute atomic E-state index is 12.9. The fraction of sp³-hybridized carbons (Fsp3) is 0.412. The Morgan fingerprint density at radius 1 is 1.41 bits per heavy atom. The zero-order valence-corrected chi connectivity index (χ0v) is 12.7. The zero-order valence-electron chi connectivity index (χ0n) is 12.7. The summed E-state index contributed by atoms with van der Waals surface area (Å²) in [5, 5.41) is 0. The van der Waals surface area contributed by atoms with Crippen molar-refractivity contribution in [2.75, 3.05) is 13.6 Å². The second kappa shape index (κ2) is 6.30. The summed E-state index contributed by atoms with van der Waals surface area (Å²) in [4.78, 5) is 18.4. The minimum atomic E-state index is -0.276. The molecule has 5 heteroatoms. The van der Waals surface area contributed by atoms with Crippen molar-refractivity contribution in [3.63, 3.8) is 0 Å². The first kappa shape index (κ1) is 14.8. The molecule has 1 atom stereocenters. The lowest BCUT2D eigenvalue weighted by Gasteiger charge is -2.28. The van der Waals surface area contributed by atoms with E-state index < -0.39 is 0 Å². The smallest absolute Gasteiger partial charge is 0.226 e. The molecule has 0 N–H and O–H groups in total. The van der Waals surface area contributed by atoms with Crippen LogP contribution in [-0.2, 0) is 24.2 Å². The first-order valence-electron chi connectivity index (χ1n) is 7.60. The van der Waals surface area contributed by atoms with E-state index in [0.29, 0.717) is 12.3 Å². The molecule has 0 saturated carbocycles. The number of hydrogen-bond acceptors (Lipinski definition) is 2. The average molecular weight is 301 g/mol. The summed E-state index contributed by atoms with van der Waals surface area (Å²) in [7, 11) is 1.84. The molecule has 116 valence electrons. The molecule has 1 amide bonds. The van der Waals surface area contributed by atoms with Crippen LogP contribution in [0, 0.1) is 11.7 Å². The van der Waals surface area contributed by atoms with Crippen LogP contribution in [-0.4, -0.2) is 34.0 Å². The molecule has 4 nitrogen and oxygen atoms in total. The molecule has 1 aromatic heterocycles. The van der Waals surface area contributed by atoms with Gasteiger partial charge in [0.25, 0.3) is 0 Å². The van der Waals surface area contributed by atoms with Gasteiger partial charge in [-0.25, -0.2) is 9.37 Å². The quantitative estimate of drug-likeness (QED) is 0.869. The Hall–Kier alpha value is -2.17. The molecular weight excluding hydrogens is 281 g/mol. The Morgan fingerprint density at radius 2 is 2.18 bits per heavy atom. The lowest BCUT2D eigenvalue weighted by atomic mass is 9.97. The summed E-state index contributed by atoms with van der Waals surface area (Å²) in [5.74, 6) is 1.36. The number of fused-ring (bicyclic) bond motifs is 1. The lowest BCUT2D eigenvalue weighted by molar-refractivity contribution is -0.129. The van der Waals surface area contributed by atoms with Gasteiger partial charge in [-0.05, 0) is 30.0 Å². The Labute approximate surface area is 129 Å². The van der Waals surface area contributed by atoms with Crippen LogP contribution in [0.1, 0.15) is 17.8 Å². The third-order valence-corrected chi connectivity index (χ3v) is 4.28. The van der Waals surface area contributed by atoms with E-state index in [-0.39, 0.29) is 11.7 Å². The van der Waals surface area contributed by atoms with Gasteiger partial charge < -0.3 is 9.47 Å². The van der Waals surface area contributed by atoms with E-state index in [9.17, 15) is 9.18 Å². The Kier molecular flexibility index (Phi) is 4.22. The average Bonchev–Trinajstić information content (AvgIpc) is 2.97. The topological polar surface area (TPSA) is 38.1 Å². The van der Waals surface area contributed by atoms with Crippen molar-refractivity contribution in [3.8, 4) is 0 Å². The number of rotatable bonds is 4. The Balaban J connectivity index is 1.54. The van der Waals surface area contributed by atoms with Gasteiger partial charge in [-0.3, -0.25) is 4.79 Å². The highest BCUT2D eigenvalue weighted by atomic mass is 19.1. The van der Waals surface area contributed by atoms with Gasteiger partial charge in [0.1, 0.15) is 11.6 Å². The number of nitrogens with zero attached hydrogens (tertiary/aromatic N) is 3. The SMILES string of the molecule is CN(C[C@H]1CCn2ccnc2C1)C(=O)Cc1ccc(F)cc1. The van der Waals surface area contributed by atoms with Gasteiger partial charge in [0.15, 0.2) is 0 Å². The monoisotopic (exact) mass is 301 g/mol. The highest BCUT2D eigenvalue weighted by molar-refractivity contribution is 5.78. The van der Waals surface area contributed by atoms with E-state index in [1.165, 1.54) is 12.1 Å². The maximum atomic E-state index is 12.9. The van der Waals surface area contributed by atoms with E-state index in [4.69, 9.17) is 0 Å². The third-order valence-electron chi connectivity index (χ3n) is 4.28. The molecule has 2 aromatic rings. The van der Waals surface area contributed by atoms with Crippen molar-refractivity contribution in [1.82, 2.24) is 14.5 Å². The molecule has 0 aliphatic carbocycles. The second-order valence-electron chi connectivity index (χ2n) is 5.97. The molecule has 0 radical (unpaired) electrons. The summed E-state index contributed by atoms with van der Waals surface area (Å²) >= 11 is 0. The lowest BCUT2D eigenvalue weighted by Crippen LogP contribution is -2.35. The normalized spacial score (nSPS) is 17.1. The van der Waals surface area contributed by atoms with Crippen molar-refractivity contribution in [1.29, 1.82) is 0 Å². The van der Waals surface area contributed by atoms with Crippen LogP contribution in [0.5, 0.6) is 0 Å². The van der Waals surface area contributed by atoms with E-state index in [1.807, 2.05) is 19.4 Å². The number of imidazole rings is 1. The van der Waals surface area contributed by atoms with Crippen LogP contribution in [0.4, 0.5) is 4.39 Å². The first-order chi connectivity index (χ1) is 10.6. The highest BCUT2D eigenvalue weighted by Crippen LogP contribution is 2.20. The number of aromatic nitrogens is 2. The number of aryl methyl sites for hydroxylation is 1. The summed E-state index contributed by atoms with van der Waals surface area (Å²) < 4.78 is 15.1. The van der Waals surface area contributed by atoms with Crippen LogP contribution < -0.4 is 0 Å². The predicted octanol–water partition coefficient (Wildman–Crippen LogP) is 2.29. The molecule has 0 saturated heterocycles. The van der Waals surface area contributed by atoms with Gasteiger partial charge in [0, 0.05) is 39.0 Å². The van der Waals surface area contributed by atoms with Crippen LogP contribution in [0.15, 0.2) is 36.7 Å². The molecule has 22 heavy (non-hydrogen) atoms. The molecular formula is C17H20FN3O. The predicted molar refractivity (Wildman–Crippen MR) is 81.8 cm³/mol. The van der Waals surface area contributed by atoms with E-state index in [0.717, 1.165) is 37.3 Å². The van der Waals surface area contributed by atoms with Crippen molar-refractivity contribution in [2.45, 2.75) is 25.8 Å². The molecule has 1 aromatic carbocycles. The molecule has 2 heterocycles. The minimum absolute atomic E-state index is 0.0699. The van der Waals surface area contributed by atoms with E-state index in [2.05, 4.69) is 9.55 Å². The third kappa shape index (κ3) is 3.35. The van der Waals surface area contributed by atoms with Gasteiger partial charge in [0.2, 0.25) is 5.91 Å².